The highest BCUT2D eigenvalue weighted by Gasteiger charge is 2.30. The summed E-state index contributed by atoms with van der Waals surface area (Å²) in [6.07, 6.45) is 4.04. The summed E-state index contributed by atoms with van der Waals surface area (Å²) < 4.78 is 10.8. The molecule has 2 amide bonds. The van der Waals surface area contributed by atoms with Crippen LogP contribution in [-0.2, 0) is 20.7 Å². The Balaban J connectivity index is 1.51. The number of carbonyl (C=O) groups is 2. The van der Waals surface area contributed by atoms with Crippen molar-refractivity contribution >= 4 is 23.4 Å². The zero-order valence-corrected chi connectivity index (χ0v) is 18.2. The second-order valence-electron chi connectivity index (χ2n) is 7.56. The molecule has 2 aromatic rings. The van der Waals surface area contributed by atoms with Crippen LogP contribution in [-0.4, -0.2) is 67.0 Å². The molecule has 162 valence electrons. The lowest BCUT2D eigenvalue weighted by Gasteiger charge is -2.34. The van der Waals surface area contributed by atoms with E-state index in [0.717, 1.165) is 18.4 Å². The standard InChI is InChI=1S/C22H28ClN3O4/c1-25(12-13-29-2)22(28)17-4-3-11-26(15-17)21(27)10-9-20-24-14-19(30-20)16-5-7-18(23)8-6-16/h5-8,14,17H,3-4,9-13,15H2,1-2H3/t17-/m0/s1. The zero-order chi connectivity index (χ0) is 21.5. The molecule has 0 radical (unpaired) electrons. The minimum absolute atomic E-state index is 0.0262. The molecule has 0 spiro atoms. The minimum Gasteiger partial charge on any atom is -0.441 e. The number of hydrogen-bond acceptors (Lipinski definition) is 5. The smallest absolute Gasteiger partial charge is 0.227 e. The van der Waals surface area contributed by atoms with Gasteiger partial charge in [-0.1, -0.05) is 11.6 Å². The second kappa shape index (κ2) is 10.6. The number of aryl methyl sites for hydroxylation is 1. The third kappa shape index (κ3) is 5.83. The van der Waals surface area contributed by atoms with E-state index in [0.29, 0.717) is 55.8 Å². The van der Waals surface area contributed by atoms with Gasteiger partial charge in [0.2, 0.25) is 11.8 Å². The summed E-state index contributed by atoms with van der Waals surface area (Å²) in [5.41, 5.74) is 0.888. The zero-order valence-electron chi connectivity index (χ0n) is 17.5. The quantitative estimate of drug-likeness (QED) is 0.638. The minimum atomic E-state index is -0.150. The van der Waals surface area contributed by atoms with Gasteiger partial charge in [-0.05, 0) is 37.1 Å². The first kappa shape index (κ1) is 22.3. The molecular weight excluding hydrogens is 406 g/mol. The van der Waals surface area contributed by atoms with Gasteiger partial charge in [0, 0.05) is 57.2 Å². The molecule has 30 heavy (non-hydrogen) atoms. The lowest BCUT2D eigenvalue weighted by atomic mass is 9.96. The van der Waals surface area contributed by atoms with E-state index in [1.807, 2.05) is 12.1 Å². The molecule has 7 nitrogen and oxygen atoms in total. The number of oxazole rings is 1. The summed E-state index contributed by atoms with van der Waals surface area (Å²) in [5, 5.41) is 0.660. The second-order valence-corrected chi connectivity index (χ2v) is 7.99. The first-order valence-corrected chi connectivity index (χ1v) is 10.6. The molecular formula is C22H28ClN3O4. The van der Waals surface area contributed by atoms with Crippen molar-refractivity contribution in [1.82, 2.24) is 14.8 Å². The van der Waals surface area contributed by atoms with Crippen LogP contribution < -0.4 is 0 Å². The number of likely N-dealkylation sites (N-methyl/N-ethyl adjacent to an activating group) is 1. The number of amides is 2. The molecule has 0 unspecified atom stereocenters. The van der Waals surface area contributed by atoms with Crippen LogP contribution in [0.4, 0.5) is 0 Å². The highest BCUT2D eigenvalue weighted by atomic mass is 35.5. The number of methoxy groups -OCH3 is 1. The summed E-state index contributed by atoms with van der Waals surface area (Å²) in [6.45, 7) is 2.22. The first-order chi connectivity index (χ1) is 14.5. The van der Waals surface area contributed by atoms with Crippen LogP contribution in [0.15, 0.2) is 34.9 Å². The van der Waals surface area contributed by atoms with Gasteiger partial charge in [0.15, 0.2) is 11.7 Å². The molecule has 2 heterocycles. The van der Waals surface area contributed by atoms with E-state index < -0.39 is 0 Å². The SMILES string of the molecule is COCCN(C)C(=O)[C@H]1CCCN(C(=O)CCc2ncc(-c3ccc(Cl)cc3)o2)C1. The van der Waals surface area contributed by atoms with Crippen molar-refractivity contribution in [3.8, 4) is 11.3 Å². The lowest BCUT2D eigenvalue weighted by molar-refractivity contribution is -0.140. The first-order valence-electron chi connectivity index (χ1n) is 10.2. The van der Waals surface area contributed by atoms with Crippen LogP contribution in [0, 0.1) is 5.92 Å². The summed E-state index contributed by atoms with van der Waals surface area (Å²) in [4.78, 5) is 33.1. The third-order valence-corrected chi connectivity index (χ3v) is 5.62. The number of nitrogens with zero attached hydrogens (tertiary/aromatic N) is 3. The summed E-state index contributed by atoms with van der Waals surface area (Å²) in [7, 11) is 3.40. The van der Waals surface area contributed by atoms with Gasteiger partial charge >= 0.3 is 0 Å². The average Bonchev–Trinajstić information content (AvgIpc) is 3.25. The highest BCUT2D eigenvalue weighted by Crippen LogP contribution is 2.23. The molecule has 3 rings (SSSR count). The number of hydrogen-bond donors (Lipinski definition) is 0. The molecule has 1 aliphatic rings. The van der Waals surface area contributed by atoms with E-state index in [9.17, 15) is 9.59 Å². The van der Waals surface area contributed by atoms with E-state index in [1.165, 1.54) is 0 Å². The van der Waals surface area contributed by atoms with Crippen LogP contribution in [0.5, 0.6) is 0 Å². The number of halogens is 1. The van der Waals surface area contributed by atoms with Gasteiger partial charge < -0.3 is 19.0 Å². The Morgan fingerprint density at radius 3 is 2.83 bits per heavy atom. The topological polar surface area (TPSA) is 75.9 Å². The number of likely N-dealkylation sites (tertiary alicyclic amines) is 1. The van der Waals surface area contributed by atoms with Crippen molar-refractivity contribution in [3.63, 3.8) is 0 Å². The molecule has 1 aliphatic heterocycles. The number of benzene rings is 1. The molecule has 1 fully saturated rings. The maximum Gasteiger partial charge on any atom is 0.227 e. The fraction of sp³-hybridized carbons (Fsp3) is 0.500. The molecule has 1 aromatic heterocycles. The maximum absolute atomic E-state index is 12.7. The summed E-state index contributed by atoms with van der Waals surface area (Å²) in [5.74, 6) is 1.13. The van der Waals surface area contributed by atoms with E-state index in [-0.39, 0.29) is 17.7 Å². The molecule has 0 bridgehead atoms. The lowest BCUT2D eigenvalue weighted by Crippen LogP contribution is -2.46. The predicted molar refractivity (Wildman–Crippen MR) is 114 cm³/mol. The van der Waals surface area contributed by atoms with Crippen molar-refractivity contribution in [3.05, 3.63) is 41.4 Å². The largest absolute Gasteiger partial charge is 0.441 e. The van der Waals surface area contributed by atoms with Crippen molar-refractivity contribution in [2.75, 3.05) is 40.4 Å². The Kier molecular flexibility index (Phi) is 7.87. The number of ether oxygens (including phenoxy) is 1. The van der Waals surface area contributed by atoms with Crippen molar-refractivity contribution in [1.29, 1.82) is 0 Å². The van der Waals surface area contributed by atoms with Crippen molar-refractivity contribution in [2.45, 2.75) is 25.7 Å². The van der Waals surface area contributed by atoms with Gasteiger partial charge in [-0.3, -0.25) is 9.59 Å². The van der Waals surface area contributed by atoms with Gasteiger partial charge in [0.05, 0.1) is 18.7 Å². The molecule has 0 N–H and O–H groups in total. The van der Waals surface area contributed by atoms with E-state index in [2.05, 4.69) is 4.98 Å². The van der Waals surface area contributed by atoms with Crippen LogP contribution in [0.1, 0.15) is 25.2 Å². The Hall–Kier alpha value is -2.38. The van der Waals surface area contributed by atoms with Crippen molar-refractivity contribution < 1.29 is 18.7 Å². The van der Waals surface area contributed by atoms with Gasteiger partial charge in [-0.2, -0.15) is 0 Å². The summed E-state index contributed by atoms with van der Waals surface area (Å²) in [6, 6.07) is 7.32. The monoisotopic (exact) mass is 433 g/mol. The summed E-state index contributed by atoms with van der Waals surface area (Å²) >= 11 is 5.91. The Morgan fingerprint density at radius 1 is 1.33 bits per heavy atom. The Bertz CT molecular complexity index is 852. The predicted octanol–water partition coefficient (Wildman–Crippen LogP) is 3.27. The highest BCUT2D eigenvalue weighted by molar-refractivity contribution is 6.30. The van der Waals surface area contributed by atoms with Gasteiger partial charge in [-0.25, -0.2) is 4.98 Å². The van der Waals surface area contributed by atoms with Crippen LogP contribution in [0.25, 0.3) is 11.3 Å². The fourth-order valence-corrected chi connectivity index (χ4v) is 3.73. The van der Waals surface area contributed by atoms with E-state index >= 15 is 0 Å². The number of piperidine rings is 1. The van der Waals surface area contributed by atoms with Crippen LogP contribution in [0.2, 0.25) is 5.02 Å². The van der Waals surface area contributed by atoms with E-state index in [1.54, 1.807) is 42.3 Å². The number of rotatable bonds is 8. The molecule has 0 saturated carbocycles. The number of aromatic nitrogens is 1. The number of carbonyl (C=O) groups excluding carboxylic acids is 2. The van der Waals surface area contributed by atoms with Crippen LogP contribution in [0.3, 0.4) is 0 Å². The normalized spacial score (nSPS) is 16.5. The molecule has 1 atom stereocenters. The van der Waals surface area contributed by atoms with E-state index in [4.69, 9.17) is 20.8 Å². The fourth-order valence-electron chi connectivity index (χ4n) is 3.60. The third-order valence-electron chi connectivity index (χ3n) is 5.37. The van der Waals surface area contributed by atoms with Crippen molar-refractivity contribution in [2.24, 2.45) is 5.92 Å². The molecule has 1 saturated heterocycles. The average molecular weight is 434 g/mol. The Labute approximate surface area is 182 Å². The van der Waals surface area contributed by atoms with Gasteiger partial charge in [0.25, 0.3) is 0 Å². The maximum atomic E-state index is 12.7. The molecule has 0 aliphatic carbocycles. The van der Waals surface area contributed by atoms with Gasteiger partial charge in [-0.15, -0.1) is 0 Å². The van der Waals surface area contributed by atoms with Crippen LogP contribution >= 0.6 is 11.6 Å². The molecule has 1 aromatic carbocycles. The van der Waals surface area contributed by atoms with Gasteiger partial charge in [0.1, 0.15) is 0 Å². The molecule has 8 heteroatoms. The Morgan fingerprint density at radius 2 is 2.10 bits per heavy atom.